The fourth-order valence-electron chi connectivity index (χ4n) is 7.15. The van der Waals surface area contributed by atoms with Gasteiger partial charge in [0.15, 0.2) is 5.82 Å². The number of piperidine rings is 1. The normalized spacial score (nSPS) is 19.2. The van der Waals surface area contributed by atoms with Crippen molar-refractivity contribution in [2.45, 2.75) is 50.5 Å². The number of halogens is 1. The van der Waals surface area contributed by atoms with Crippen LogP contribution in [-0.4, -0.2) is 61.5 Å². The molecule has 2 aromatic carbocycles. The molecular formula is C42H33FN6O5. The molecule has 1 aliphatic carbocycles. The van der Waals surface area contributed by atoms with Crippen molar-refractivity contribution < 1.29 is 28.2 Å². The summed E-state index contributed by atoms with van der Waals surface area (Å²) < 4.78 is 32.2. The van der Waals surface area contributed by atoms with E-state index in [2.05, 4.69) is 43.7 Å². The number of ether oxygens (including phenoxy) is 3. The first-order valence-corrected chi connectivity index (χ1v) is 17.7. The summed E-state index contributed by atoms with van der Waals surface area (Å²) in [5.41, 5.74) is 5.85. The first-order valence-electron chi connectivity index (χ1n) is 17.7. The van der Waals surface area contributed by atoms with Gasteiger partial charge >= 0.3 is 0 Å². The van der Waals surface area contributed by atoms with Crippen LogP contribution in [0.4, 0.5) is 4.39 Å². The van der Waals surface area contributed by atoms with Gasteiger partial charge in [-0.15, -0.1) is 0 Å². The van der Waals surface area contributed by atoms with Crippen LogP contribution >= 0.6 is 0 Å². The third kappa shape index (κ3) is 6.45. The number of nitrogens with one attached hydrogen (secondary N) is 2. The largest absolute Gasteiger partial charge is 0.489 e. The molecule has 0 bridgehead atoms. The van der Waals surface area contributed by atoms with E-state index in [9.17, 15) is 14.0 Å². The maximum absolute atomic E-state index is 14.2. The zero-order valence-electron chi connectivity index (χ0n) is 29.0. The molecule has 268 valence electrons. The van der Waals surface area contributed by atoms with Gasteiger partial charge in [-0.3, -0.25) is 14.6 Å². The lowest BCUT2D eigenvalue weighted by Crippen LogP contribution is -2.49. The molecule has 11 nitrogen and oxygen atoms in total. The smallest absolute Gasteiger partial charge is 0.255 e. The molecule has 2 N–H and O–H groups in total. The van der Waals surface area contributed by atoms with Gasteiger partial charge in [0, 0.05) is 71.0 Å². The summed E-state index contributed by atoms with van der Waals surface area (Å²) in [5.74, 6) is 7.08. The summed E-state index contributed by atoms with van der Waals surface area (Å²) >= 11 is 0. The van der Waals surface area contributed by atoms with Gasteiger partial charge < -0.3 is 29.4 Å². The summed E-state index contributed by atoms with van der Waals surface area (Å²) in [5, 5.41) is 4.43. The van der Waals surface area contributed by atoms with E-state index in [0.29, 0.717) is 59.2 Å². The Kier molecular flexibility index (Phi) is 8.38. The highest BCUT2D eigenvalue weighted by Crippen LogP contribution is 2.33. The molecule has 0 spiro atoms. The number of nitrogens with zero attached hydrogens (tertiary/aromatic N) is 4. The summed E-state index contributed by atoms with van der Waals surface area (Å²) in [7, 11) is 0. The van der Waals surface area contributed by atoms with Gasteiger partial charge in [-0.1, -0.05) is 24.6 Å². The Morgan fingerprint density at radius 1 is 0.889 bits per heavy atom. The molecular weight excluding hydrogens is 687 g/mol. The molecule has 6 heterocycles. The van der Waals surface area contributed by atoms with Crippen LogP contribution in [-0.2, 0) is 11.3 Å². The van der Waals surface area contributed by atoms with E-state index in [0.717, 1.165) is 45.8 Å². The second kappa shape index (κ2) is 13.7. The van der Waals surface area contributed by atoms with E-state index in [-0.39, 0.29) is 36.4 Å². The average molecular weight is 721 g/mol. The van der Waals surface area contributed by atoms with Crippen LogP contribution in [0.25, 0.3) is 32.9 Å². The van der Waals surface area contributed by atoms with Crippen LogP contribution < -0.4 is 19.5 Å². The summed E-state index contributed by atoms with van der Waals surface area (Å²) in [4.78, 5) is 43.1. The van der Waals surface area contributed by atoms with E-state index in [1.165, 1.54) is 6.20 Å². The molecule has 1 atom stereocenters. The molecule has 12 heteroatoms. The molecule has 2 aliphatic heterocycles. The topological polar surface area (TPSA) is 132 Å². The van der Waals surface area contributed by atoms with Gasteiger partial charge in [0.25, 0.3) is 5.91 Å². The van der Waals surface area contributed by atoms with E-state index in [4.69, 9.17) is 14.2 Å². The number of hydrogen-bond acceptors (Lipinski definition) is 8. The minimum atomic E-state index is -0.502. The van der Waals surface area contributed by atoms with Crippen LogP contribution in [0.5, 0.6) is 17.4 Å². The highest BCUT2D eigenvalue weighted by molar-refractivity contribution is 6.08. The fraction of sp³-hybridized carbons (Fsp3) is 0.214. The van der Waals surface area contributed by atoms with Crippen molar-refractivity contribution in [2.24, 2.45) is 0 Å². The zero-order valence-corrected chi connectivity index (χ0v) is 29.0. The van der Waals surface area contributed by atoms with Crippen molar-refractivity contribution in [2.75, 3.05) is 6.61 Å². The minimum Gasteiger partial charge on any atom is -0.489 e. The fourth-order valence-corrected chi connectivity index (χ4v) is 7.15. The number of benzene rings is 2. The van der Waals surface area contributed by atoms with E-state index in [1.54, 1.807) is 41.7 Å². The van der Waals surface area contributed by atoms with Gasteiger partial charge in [-0.05, 0) is 72.4 Å². The average Bonchev–Trinajstić information content (AvgIpc) is 3.70. The Bertz CT molecular complexity index is 2520. The predicted octanol–water partition coefficient (Wildman–Crippen LogP) is 6.48. The Balaban J connectivity index is 0.726. The van der Waals surface area contributed by atoms with E-state index >= 15 is 0 Å². The standard InChI is InChI=1S/C42H33FN6O5/c1-24-4-12-38(41(50)47-24)49-23-27-15-29(9-11-33(27)42(49)51)52-14-2-3-28-7-8-30(20-45-28)53-31-17-32(18-31)54-39-13-6-26(19-46-39)25-5-10-34-35-21-44-22-36(43)40(35)48-37(34)16-25/h5-11,13,15-16,19-22,31-32,38,48H,1,4,12,14,17-18,23H2,(H,47,50). The number of carbonyl (C=O) groups excluding carboxylic acids is 2. The van der Waals surface area contributed by atoms with Gasteiger partial charge in [0.05, 0.1) is 17.9 Å². The van der Waals surface area contributed by atoms with Crippen molar-refractivity contribution in [1.29, 1.82) is 0 Å². The Hall–Kier alpha value is -6.74. The van der Waals surface area contributed by atoms with Crippen LogP contribution in [0, 0.1) is 17.7 Å². The Morgan fingerprint density at radius 2 is 1.74 bits per heavy atom. The molecule has 3 aliphatic rings. The van der Waals surface area contributed by atoms with Crippen LogP contribution in [0.3, 0.4) is 0 Å². The molecule has 2 fully saturated rings. The Labute approximate surface area is 309 Å². The van der Waals surface area contributed by atoms with Crippen LogP contribution in [0.1, 0.15) is 47.3 Å². The first-order chi connectivity index (χ1) is 26.3. The van der Waals surface area contributed by atoms with Crippen molar-refractivity contribution in [3.8, 4) is 40.3 Å². The number of H-pyrrole nitrogens is 1. The van der Waals surface area contributed by atoms with Gasteiger partial charge in [-0.25, -0.2) is 14.4 Å². The highest BCUT2D eigenvalue weighted by Gasteiger charge is 2.38. The number of rotatable bonds is 8. The number of hydrogen-bond donors (Lipinski definition) is 2. The molecule has 1 saturated heterocycles. The monoisotopic (exact) mass is 720 g/mol. The number of fused-ring (bicyclic) bond motifs is 4. The maximum Gasteiger partial charge on any atom is 0.255 e. The SMILES string of the molecule is C=C1CCC(N2Cc3cc(OCC#Cc4ccc(OC5CC(Oc6ccc(-c7ccc8c(c7)[nH]c7c(F)cncc78)cn6)C5)cn4)ccc3C2=O)C(=O)N1. The number of pyridine rings is 3. The molecule has 2 amide bonds. The molecule has 1 unspecified atom stereocenters. The highest BCUT2D eigenvalue weighted by atomic mass is 19.1. The van der Waals surface area contributed by atoms with E-state index < -0.39 is 6.04 Å². The van der Waals surface area contributed by atoms with Crippen molar-refractivity contribution in [3.05, 3.63) is 120 Å². The molecule has 4 aromatic heterocycles. The lowest BCUT2D eigenvalue weighted by Gasteiger charge is -2.34. The third-order valence-electron chi connectivity index (χ3n) is 10.1. The molecule has 1 saturated carbocycles. The zero-order chi connectivity index (χ0) is 36.8. The molecule has 6 aromatic rings. The first kappa shape index (κ1) is 33.1. The van der Waals surface area contributed by atoms with E-state index in [1.807, 2.05) is 42.5 Å². The third-order valence-corrected chi connectivity index (χ3v) is 10.1. The van der Waals surface area contributed by atoms with Crippen LogP contribution in [0.15, 0.2) is 97.7 Å². The Morgan fingerprint density at radius 3 is 2.56 bits per heavy atom. The number of aromatic amines is 1. The molecule has 9 rings (SSSR count). The second-order valence-electron chi connectivity index (χ2n) is 13.6. The van der Waals surface area contributed by atoms with Crippen molar-refractivity contribution in [3.63, 3.8) is 0 Å². The lowest BCUT2D eigenvalue weighted by molar-refractivity contribution is -0.126. The number of amides is 2. The number of allylic oxidation sites excluding steroid dienone is 1. The minimum absolute atomic E-state index is 0.00187. The lowest BCUT2D eigenvalue weighted by atomic mass is 9.92. The molecule has 0 radical (unpaired) electrons. The van der Waals surface area contributed by atoms with Crippen LogP contribution in [0.2, 0.25) is 0 Å². The maximum atomic E-state index is 14.2. The van der Waals surface area contributed by atoms with Gasteiger partial charge in [-0.2, -0.15) is 0 Å². The predicted molar refractivity (Wildman–Crippen MR) is 198 cm³/mol. The molecule has 54 heavy (non-hydrogen) atoms. The quantitative estimate of drug-likeness (QED) is 0.171. The number of carbonyl (C=O) groups is 2. The van der Waals surface area contributed by atoms with Gasteiger partial charge in [0.1, 0.15) is 42.0 Å². The number of aromatic nitrogens is 4. The summed E-state index contributed by atoms with van der Waals surface area (Å²) in [6.45, 7) is 4.32. The summed E-state index contributed by atoms with van der Waals surface area (Å²) in [6, 6.07) is 18.2. The second-order valence-corrected chi connectivity index (χ2v) is 13.6. The van der Waals surface area contributed by atoms with Crippen molar-refractivity contribution in [1.82, 2.24) is 30.2 Å². The van der Waals surface area contributed by atoms with Gasteiger partial charge in [0.2, 0.25) is 11.8 Å². The summed E-state index contributed by atoms with van der Waals surface area (Å²) in [6.07, 6.45) is 9.00. The van der Waals surface area contributed by atoms with Crippen molar-refractivity contribution >= 4 is 33.6 Å².